The molecule has 0 saturated heterocycles. The van der Waals surface area contributed by atoms with Gasteiger partial charge in [-0.25, -0.2) is 19.7 Å². The molecule has 2 unspecified atom stereocenters. The van der Waals surface area contributed by atoms with Gasteiger partial charge >= 0.3 is 25.6 Å². The van der Waals surface area contributed by atoms with Crippen LogP contribution in [0.2, 0.25) is 0 Å². The van der Waals surface area contributed by atoms with Gasteiger partial charge in [-0.3, -0.25) is 14.2 Å². The molecule has 258 valence electrons. The van der Waals surface area contributed by atoms with E-state index in [9.17, 15) is 28.8 Å². The summed E-state index contributed by atoms with van der Waals surface area (Å²) < 4.78 is 46.0. The van der Waals surface area contributed by atoms with E-state index in [1.807, 2.05) is 6.92 Å². The molecule has 2 aromatic heterocycles. The largest absolute Gasteiger partial charge is 0.511 e. The molecule has 15 nitrogen and oxygen atoms in total. The van der Waals surface area contributed by atoms with Crippen molar-refractivity contribution in [3.8, 4) is 17.1 Å². The van der Waals surface area contributed by atoms with Crippen molar-refractivity contribution < 1.29 is 52.3 Å². The molecule has 2 aliphatic heterocycles. The Hall–Kier alpha value is -4.30. The van der Waals surface area contributed by atoms with E-state index >= 15 is 0 Å². The molecule has 0 fully saturated rings. The van der Waals surface area contributed by atoms with Crippen LogP contribution in [0.15, 0.2) is 29.1 Å². The number of nitrogens with zero attached hydrogens (tertiary/aromatic N) is 2. The maximum atomic E-state index is 13.8. The maximum absolute atomic E-state index is 13.8. The number of aryl methyl sites for hydroxylation is 1. The smallest absolute Gasteiger partial charge is 0.458 e. The number of carbonyl (C=O) groups is 3. The molecule has 2 N–H and O–H groups in total. The van der Waals surface area contributed by atoms with Gasteiger partial charge in [0.25, 0.3) is 5.56 Å². The highest BCUT2D eigenvalue weighted by Gasteiger charge is 2.45. The van der Waals surface area contributed by atoms with Gasteiger partial charge in [0.2, 0.25) is 6.79 Å². The molecule has 0 aliphatic carbocycles. The molecule has 0 saturated carbocycles. The zero-order chi connectivity index (χ0) is 35.0. The first-order chi connectivity index (χ1) is 22.7. The van der Waals surface area contributed by atoms with Crippen LogP contribution in [0, 0.1) is 0 Å². The molecule has 0 bridgehead atoms. The van der Waals surface area contributed by atoms with Crippen LogP contribution >= 0.6 is 7.52 Å². The summed E-state index contributed by atoms with van der Waals surface area (Å²) in [6.07, 6.45) is -1.21. The van der Waals surface area contributed by atoms with Crippen molar-refractivity contribution in [2.75, 3.05) is 20.3 Å². The Morgan fingerprint density at radius 3 is 2.56 bits per heavy atom. The summed E-state index contributed by atoms with van der Waals surface area (Å²) in [6, 6.07) is 5.46. The number of fused-ring (bicyclic) bond motifs is 5. The van der Waals surface area contributed by atoms with Gasteiger partial charge in [0, 0.05) is 23.6 Å². The summed E-state index contributed by atoms with van der Waals surface area (Å²) in [6.45, 7) is 7.57. The van der Waals surface area contributed by atoms with E-state index in [0.717, 1.165) is 11.1 Å². The molecule has 2 aliphatic rings. The number of pyridine rings is 2. The molecule has 0 spiro atoms. The molecular formula is C32H38N3O12P. The number of aliphatic hydroxyl groups is 1. The molecule has 3 aromatic rings. The fraction of sp³-hybridized carbons (Fsp3) is 0.469. The second kappa shape index (κ2) is 13.7. The number of rotatable bonds is 12. The van der Waals surface area contributed by atoms with Crippen molar-refractivity contribution >= 4 is 36.5 Å². The van der Waals surface area contributed by atoms with E-state index in [4.69, 9.17) is 33.2 Å². The minimum Gasteiger partial charge on any atom is -0.458 e. The van der Waals surface area contributed by atoms with Crippen LogP contribution in [-0.4, -0.2) is 65.1 Å². The van der Waals surface area contributed by atoms with Gasteiger partial charge in [0.15, 0.2) is 5.60 Å². The second-order valence-electron chi connectivity index (χ2n) is 11.7. The molecule has 3 atom stereocenters. The minimum atomic E-state index is -3.86. The molecule has 0 amide bonds. The van der Waals surface area contributed by atoms with Gasteiger partial charge in [-0.05, 0) is 63.4 Å². The zero-order valence-electron chi connectivity index (χ0n) is 27.5. The van der Waals surface area contributed by atoms with Gasteiger partial charge in [-0.2, -0.15) is 0 Å². The summed E-state index contributed by atoms with van der Waals surface area (Å²) in [7, 11) is -2.53. The van der Waals surface area contributed by atoms with E-state index in [-0.39, 0.29) is 48.4 Å². The van der Waals surface area contributed by atoms with Crippen molar-refractivity contribution in [1.82, 2.24) is 14.6 Å². The Bertz CT molecular complexity index is 1890. The number of benzene rings is 1. The summed E-state index contributed by atoms with van der Waals surface area (Å²) in [5.41, 5.74) is 1.46. The summed E-state index contributed by atoms with van der Waals surface area (Å²) in [4.78, 5) is 55.0. The van der Waals surface area contributed by atoms with E-state index in [0.29, 0.717) is 28.7 Å². The van der Waals surface area contributed by atoms with E-state index in [1.165, 1.54) is 14.0 Å². The standard InChI is InChI=1S/C32H38N3O12P/c1-7-20-21-11-19(47-48(41,16-42-6)34-18(5)29(37)44-15-45-31(39)46-17(3)4)9-10-25(21)33-27-22(20)13-35-26(27)12-24-23(28(35)36)14-43-30(38)32(24,40)8-2/h9-12,17-18,40H,7-8,13-16H2,1-6H3,(H,34,41)/t18?,32-,48?/m0/s1. The monoisotopic (exact) mass is 687 g/mol. The third kappa shape index (κ3) is 6.55. The lowest BCUT2D eigenvalue weighted by Gasteiger charge is -2.31. The van der Waals surface area contributed by atoms with Crippen LogP contribution in [0.3, 0.4) is 0 Å². The number of nitrogens with one attached hydrogen (secondary N) is 1. The lowest BCUT2D eigenvalue weighted by Crippen LogP contribution is -2.44. The highest BCUT2D eigenvalue weighted by atomic mass is 31.2. The van der Waals surface area contributed by atoms with Crippen molar-refractivity contribution in [3.63, 3.8) is 0 Å². The Kier molecular flexibility index (Phi) is 9.97. The molecule has 5 rings (SSSR count). The Morgan fingerprint density at radius 1 is 1.15 bits per heavy atom. The topological polar surface area (TPSA) is 191 Å². The van der Waals surface area contributed by atoms with Crippen LogP contribution in [-0.2, 0) is 63.0 Å². The number of carbonyl (C=O) groups excluding carboxylic acids is 3. The SMILES string of the molecule is CCc1c2c(nc3ccc(OP(=O)(COC)NC(C)C(=O)OCOC(=O)OC(C)C)cc13)-c1cc3c(c(=O)n1C2)COC(=O)[C@]3(O)CC. The number of esters is 2. The Labute approximate surface area is 275 Å². The van der Waals surface area contributed by atoms with Gasteiger partial charge in [-0.15, -0.1) is 0 Å². The van der Waals surface area contributed by atoms with Crippen LogP contribution in [0.1, 0.15) is 63.3 Å². The summed E-state index contributed by atoms with van der Waals surface area (Å²) >= 11 is 0. The molecule has 16 heteroatoms. The number of aromatic nitrogens is 2. The normalized spacial score (nSPS) is 18.3. The fourth-order valence-electron chi connectivity index (χ4n) is 5.87. The first-order valence-corrected chi connectivity index (χ1v) is 17.2. The van der Waals surface area contributed by atoms with Crippen LogP contribution in [0.25, 0.3) is 22.3 Å². The van der Waals surface area contributed by atoms with Gasteiger partial charge in [-0.1, -0.05) is 13.8 Å². The Balaban J connectivity index is 1.42. The number of methoxy groups -OCH3 is 1. The van der Waals surface area contributed by atoms with Gasteiger partial charge < -0.3 is 37.9 Å². The number of cyclic esters (lactones) is 1. The molecule has 1 aromatic carbocycles. The number of hydrogen-bond donors (Lipinski definition) is 2. The predicted molar refractivity (Wildman–Crippen MR) is 170 cm³/mol. The first kappa shape index (κ1) is 35.0. The van der Waals surface area contributed by atoms with Gasteiger partial charge in [0.05, 0.1) is 35.1 Å². The summed E-state index contributed by atoms with van der Waals surface area (Å²) in [5, 5.41) is 14.5. The maximum Gasteiger partial charge on any atom is 0.511 e. The van der Waals surface area contributed by atoms with Crippen molar-refractivity contribution in [3.05, 3.63) is 56.9 Å². The van der Waals surface area contributed by atoms with E-state index in [2.05, 4.69) is 5.09 Å². The highest BCUT2D eigenvalue weighted by molar-refractivity contribution is 7.57. The van der Waals surface area contributed by atoms with Gasteiger partial charge in [0.1, 0.15) is 24.7 Å². The third-order valence-corrected chi connectivity index (χ3v) is 10.0. The minimum absolute atomic E-state index is 0.0355. The third-order valence-electron chi connectivity index (χ3n) is 8.14. The predicted octanol–water partition coefficient (Wildman–Crippen LogP) is 3.86. The summed E-state index contributed by atoms with van der Waals surface area (Å²) in [5.74, 6) is -1.44. The highest BCUT2D eigenvalue weighted by Crippen LogP contribution is 2.45. The molecule has 4 heterocycles. The average Bonchev–Trinajstić information content (AvgIpc) is 3.40. The lowest BCUT2D eigenvalue weighted by atomic mass is 9.86. The van der Waals surface area contributed by atoms with Crippen molar-refractivity contribution in [2.24, 2.45) is 0 Å². The fourth-order valence-corrected chi connectivity index (χ4v) is 7.54. The van der Waals surface area contributed by atoms with Crippen molar-refractivity contribution in [1.29, 1.82) is 0 Å². The van der Waals surface area contributed by atoms with E-state index < -0.39 is 50.2 Å². The van der Waals surface area contributed by atoms with Crippen LogP contribution < -0.4 is 15.2 Å². The number of hydrogen-bond acceptors (Lipinski definition) is 13. The van der Waals surface area contributed by atoms with Crippen molar-refractivity contribution in [2.45, 2.75) is 78.4 Å². The first-order valence-electron chi connectivity index (χ1n) is 15.4. The van der Waals surface area contributed by atoms with Crippen LogP contribution in [0.4, 0.5) is 4.79 Å². The molecule has 0 radical (unpaired) electrons. The van der Waals surface area contributed by atoms with E-state index in [1.54, 1.807) is 49.6 Å². The quantitative estimate of drug-likeness (QED) is 0.0945. The molecular weight excluding hydrogens is 649 g/mol. The second-order valence-corrected chi connectivity index (χ2v) is 13.8. The number of ether oxygens (including phenoxy) is 5. The zero-order valence-corrected chi connectivity index (χ0v) is 28.4. The Morgan fingerprint density at radius 2 is 1.90 bits per heavy atom. The molecule has 48 heavy (non-hydrogen) atoms. The average molecular weight is 688 g/mol. The lowest BCUT2D eigenvalue weighted by molar-refractivity contribution is -0.172. The van der Waals surface area contributed by atoms with Crippen LogP contribution in [0.5, 0.6) is 5.75 Å².